The minimum Gasteiger partial charge on any atom is -0.616 e. The largest absolute Gasteiger partial charge is 0.616 e. The molecule has 0 aliphatic heterocycles. The monoisotopic (exact) mass is 402 g/mol. The minimum absolute atomic E-state index is 0.425. The molecule has 0 saturated heterocycles. The first kappa shape index (κ1) is 27.3. The highest BCUT2D eigenvalue weighted by Gasteiger charge is 2.09. The zero-order chi connectivity index (χ0) is 20.0. The number of hydrogen-bond donors (Lipinski definition) is 1. The molecule has 0 aromatic carbocycles. The smallest absolute Gasteiger partial charge is 0.131 e. The van der Waals surface area contributed by atoms with Gasteiger partial charge in [-0.05, 0) is 19.8 Å². The summed E-state index contributed by atoms with van der Waals surface area (Å²) < 4.78 is 11.6. The first-order valence-corrected chi connectivity index (χ1v) is 13.7. The summed E-state index contributed by atoms with van der Waals surface area (Å²) in [5, 5.41) is 9.19. The van der Waals surface area contributed by atoms with E-state index in [1.165, 1.54) is 116 Å². The van der Waals surface area contributed by atoms with Crippen molar-refractivity contribution in [1.82, 2.24) is 0 Å². The summed E-state index contributed by atoms with van der Waals surface area (Å²) in [6.07, 6.45) is 25.9. The van der Waals surface area contributed by atoms with Crippen molar-refractivity contribution in [3.8, 4) is 0 Å². The molecule has 0 heterocycles. The predicted molar refractivity (Wildman–Crippen MR) is 123 cm³/mol. The molecule has 0 bridgehead atoms. The molecule has 27 heavy (non-hydrogen) atoms. The van der Waals surface area contributed by atoms with Gasteiger partial charge in [0.2, 0.25) is 0 Å². The van der Waals surface area contributed by atoms with Crippen molar-refractivity contribution in [2.75, 3.05) is 11.5 Å². The molecule has 0 saturated carbocycles. The van der Waals surface area contributed by atoms with Gasteiger partial charge in [0.25, 0.3) is 0 Å². The molecule has 0 rings (SSSR count). The molecule has 0 radical (unpaired) electrons. The Kier molecular flexibility index (Phi) is 22.8. The Hall–Kier alpha value is 0.270. The van der Waals surface area contributed by atoms with Crippen LogP contribution in [0.25, 0.3) is 0 Å². The van der Waals surface area contributed by atoms with Crippen molar-refractivity contribution in [3.05, 3.63) is 0 Å². The van der Waals surface area contributed by atoms with Crippen LogP contribution in [-0.2, 0) is 11.2 Å². The van der Waals surface area contributed by atoms with E-state index in [1.807, 2.05) is 0 Å². The highest BCUT2D eigenvalue weighted by molar-refractivity contribution is 7.91. The molecular weight excluding hydrogens is 352 g/mol. The van der Waals surface area contributed by atoms with Crippen LogP contribution in [-0.4, -0.2) is 27.3 Å². The third kappa shape index (κ3) is 24.2. The molecule has 0 aliphatic rings. The van der Waals surface area contributed by atoms with E-state index in [9.17, 15) is 9.66 Å². The van der Waals surface area contributed by atoms with Crippen molar-refractivity contribution in [2.24, 2.45) is 0 Å². The van der Waals surface area contributed by atoms with Crippen LogP contribution in [0.5, 0.6) is 0 Å². The Morgan fingerprint density at radius 1 is 0.593 bits per heavy atom. The number of unbranched alkanes of at least 4 members (excludes halogenated alkanes) is 18. The van der Waals surface area contributed by atoms with Gasteiger partial charge >= 0.3 is 0 Å². The lowest BCUT2D eigenvalue weighted by molar-refractivity contribution is 0.218. The number of rotatable bonds is 22. The van der Waals surface area contributed by atoms with Crippen LogP contribution in [0.4, 0.5) is 0 Å². The van der Waals surface area contributed by atoms with Gasteiger partial charge in [0, 0.05) is 0 Å². The van der Waals surface area contributed by atoms with E-state index in [0.29, 0.717) is 5.75 Å². The fraction of sp³-hybridized carbons (Fsp3) is 1.00. The molecule has 164 valence electrons. The highest BCUT2D eigenvalue weighted by Crippen LogP contribution is 2.14. The van der Waals surface area contributed by atoms with Crippen LogP contribution >= 0.6 is 0 Å². The van der Waals surface area contributed by atoms with E-state index < -0.39 is 17.3 Å². The lowest BCUT2D eigenvalue weighted by atomic mass is 10.0. The van der Waals surface area contributed by atoms with Gasteiger partial charge in [-0.2, -0.15) is 0 Å². The zero-order valence-corrected chi connectivity index (χ0v) is 19.5. The summed E-state index contributed by atoms with van der Waals surface area (Å²) in [5.74, 6) is 1.21. The van der Waals surface area contributed by atoms with Crippen molar-refractivity contribution >= 4 is 11.2 Å². The van der Waals surface area contributed by atoms with Crippen LogP contribution in [0, 0.1) is 0 Å². The standard InChI is InChI=1S/C24H50O2S/c1-3-4-5-6-7-8-9-10-11-12-13-14-15-16-17-18-19-20-21-22-27(26)23-24(2)25/h24-25H,3-23H2,1-2H3. The fourth-order valence-electron chi connectivity index (χ4n) is 3.69. The van der Waals surface area contributed by atoms with Gasteiger partial charge in [0.1, 0.15) is 11.5 Å². The van der Waals surface area contributed by atoms with Crippen molar-refractivity contribution < 1.29 is 9.66 Å². The van der Waals surface area contributed by atoms with E-state index in [4.69, 9.17) is 0 Å². The van der Waals surface area contributed by atoms with Gasteiger partial charge in [-0.15, -0.1) is 0 Å². The molecule has 0 aromatic rings. The third-order valence-corrected chi connectivity index (χ3v) is 7.00. The molecule has 0 aliphatic carbocycles. The normalized spacial score (nSPS) is 13.8. The maximum absolute atomic E-state index is 11.6. The van der Waals surface area contributed by atoms with Crippen molar-refractivity contribution in [1.29, 1.82) is 0 Å². The second kappa shape index (κ2) is 22.6. The van der Waals surface area contributed by atoms with E-state index >= 15 is 0 Å². The topological polar surface area (TPSA) is 43.3 Å². The highest BCUT2D eigenvalue weighted by atomic mass is 32.2. The number of aliphatic hydroxyl groups excluding tert-OH is 1. The van der Waals surface area contributed by atoms with Gasteiger partial charge in [-0.3, -0.25) is 0 Å². The quantitative estimate of drug-likeness (QED) is 0.150. The summed E-state index contributed by atoms with van der Waals surface area (Å²) in [5.41, 5.74) is 0. The average molecular weight is 403 g/mol. The van der Waals surface area contributed by atoms with Crippen LogP contribution < -0.4 is 0 Å². The molecule has 2 unspecified atom stereocenters. The van der Waals surface area contributed by atoms with Crippen LogP contribution in [0.1, 0.15) is 136 Å². The Balaban J connectivity index is 3.05. The van der Waals surface area contributed by atoms with Gasteiger partial charge in [-0.1, -0.05) is 127 Å². The summed E-state index contributed by atoms with van der Waals surface area (Å²) >= 11 is -0.819. The van der Waals surface area contributed by atoms with E-state index in [2.05, 4.69) is 6.92 Å². The molecule has 0 amide bonds. The van der Waals surface area contributed by atoms with Gasteiger partial charge in [-0.25, -0.2) is 0 Å². The van der Waals surface area contributed by atoms with E-state index in [0.717, 1.165) is 12.2 Å². The molecule has 2 atom stereocenters. The Morgan fingerprint density at radius 2 is 0.889 bits per heavy atom. The molecule has 2 nitrogen and oxygen atoms in total. The molecule has 0 spiro atoms. The maximum Gasteiger partial charge on any atom is 0.131 e. The average Bonchev–Trinajstić information content (AvgIpc) is 2.63. The molecule has 3 heteroatoms. The summed E-state index contributed by atoms with van der Waals surface area (Å²) in [4.78, 5) is 0. The van der Waals surface area contributed by atoms with Gasteiger partial charge < -0.3 is 9.66 Å². The molecule has 1 N–H and O–H groups in total. The van der Waals surface area contributed by atoms with E-state index in [1.54, 1.807) is 6.92 Å². The van der Waals surface area contributed by atoms with Crippen LogP contribution in [0.3, 0.4) is 0 Å². The van der Waals surface area contributed by atoms with E-state index in [-0.39, 0.29) is 0 Å². The first-order valence-electron chi connectivity index (χ1n) is 12.2. The number of hydrogen-bond acceptors (Lipinski definition) is 2. The SMILES string of the molecule is CCCCCCCCCCCCCCCCCCCCC[S+]([O-])CC(C)O. The maximum atomic E-state index is 11.6. The Morgan fingerprint density at radius 3 is 1.19 bits per heavy atom. The lowest BCUT2D eigenvalue weighted by Gasteiger charge is -2.12. The fourth-order valence-corrected chi connectivity index (χ4v) is 4.92. The summed E-state index contributed by atoms with van der Waals surface area (Å²) in [6, 6.07) is 0. The van der Waals surface area contributed by atoms with Crippen LogP contribution in [0.2, 0.25) is 0 Å². The zero-order valence-electron chi connectivity index (χ0n) is 18.7. The predicted octanol–water partition coefficient (Wildman–Crippen LogP) is 7.55. The summed E-state index contributed by atoms with van der Waals surface area (Å²) in [7, 11) is 0. The second-order valence-corrected chi connectivity index (χ2v) is 10.1. The van der Waals surface area contributed by atoms with Gasteiger partial charge in [0.05, 0.1) is 6.10 Å². The first-order chi connectivity index (χ1) is 13.2. The Bertz CT molecular complexity index is 271. The van der Waals surface area contributed by atoms with Gasteiger partial charge in [0.15, 0.2) is 0 Å². The number of aliphatic hydroxyl groups is 1. The minimum atomic E-state index is -0.819. The lowest BCUT2D eigenvalue weighted by Crippen LogP contribution is -2.20. The molecule has 0 aromatic heterocycles. The molecule has 0 fully saturated rings. The molecular formula is C24H50O2S. The second-order valence-electron chi connectivity index (χ2n) is 8.52. The third-order valence-electron chi connectivity index (χ3n) is 5.40. The van der Waals surface area contributed by atoms with Crippen LogP contribution in [0.15, 0.2) is 0 Å². The van der Waals surface area contributed by atoms with Crippen molar-refractivity contribution in [3.63, 3.8) is 0 Å². The summed E-state index contributed by atoms with van der Waals surface area (Å²) in [6.45, 7) is 4.00. The Labute approximate surface area is 174 Å². The van der Waals surface area contributed by atoms with Crippen molar-refractivity contribution in [2.45, 2.75) is 142 Å².